The van der Waals surface area contributed by atoms with Crippen LogP contribution in [-0.2, 0) is 30.6 Å². The predicted octanol–water partition coefficient (Wildman–Crippen LogP) is -4.15. The molecular formula is H6NNaO7S3. The molecule has 0 heterocycles. The molecule has 0 radical (unpaired) electrons. The van der Waals surface area contributed by atoms with Crippen molar-refractivity contribution < 1.29 is 60.4 Å². The second kappa shape index (κ2) is 8.71. The molecule has 0 amide bonds. The Kier molecular flexibility index (Phi) is 16.8. The van der Waals surface area contributed by atoms with Gasteiger partial charge in [-0.05, 0) is 11.2 Å². The van der Waals surface area contributed by atoms with Crippen LogP contribution in [0.5, 0.6) is 0 Å². The second-order valence-electron chi connectivity index (χ2n) is 0.876. The Morgan fingerprint density at radius 1 is 1.08 bits per heavy atom. The van der Waals surface area contributed by atoms with E-state index in [0.29, 0.717) is 0 Å². The third-order valence-corrected chi connectivity index (χ3v) is 0. The van der Waals surface area contributed by atoms with Crippen molar-refractivity contribution in [2.24, 2.45) is 0 Å². The number of rotatable bonds is 0. The van der Waals surface area contributed by atoms with Gasteiger partial charge in [0.25, 0.3) is 0 Å². The van der Waals surface area contributed by atoms with Gasteiger partial charge in [-0.3, -0.25) is 9.11 Å². The van der Waals surface area contributed by atoms with Gasteiger partial charge in [-0.1, -0.05) is 0 Å². The summed E-state index contributed by atoms with van der Waals surface area (Å²) < 4.78 is 56.9. The van der Waals surface area contributed by atoms with Gasteiger partial charge in [-0.2, -0.15) is 8.42 Å². The first-order valence-corrected chi connectivity index (χ1v) is 5.14. The Morgan fingerprint density at radius 3 is 1.08 bits per heavy atom. The third-order valence-electron chi connectivity index (χ3n) is 0. The van der Waals surface area contributed by atoms with Crippen LogP contribution >= 0.6 is 0 Å². The van der Waals surface area contributed by atoms with Crippen molar-refractivity contribution in [3.8, 4) is 0 Å². The van der Waals surface area contributed by atoms with Crippen molar-refractivity contribution in [3.05, 3.63) is 0 Å². The van der Waals surface area contributed by atoms with Gasteiger partial charge in [0, 0.05) is 0 Å². The Hall–Kier alpha value is 1.12. The number of hydrogen-bond donors (Lipinski definition) is 4. The summed E-state index contributed by atoms with van der Waals surface area (Å²) in [5.74, 6) is 0. The molecule has 12 heavy (non-hydrogen) atoms. The van der Waals surface area contributed by atoms with E-state index < -0.39 is 19.5 Å². The van der Waals surface area contributed by atoms with Crippen molar-refractivity contribution in [1.29, 1.82) is 0 Å². The largest absolute Gasteiger partial charge is 1.00 e. The molecule has 0 rings (SSSR count). The van der Waals surface area contributed by atoms with E-state index in [9.17, 15) is 0 Å². The normalized spacial score (nSPS) is 13.7. The van der Waals surface area contributed by atoms with Gasteiger partial charge in [0.15, 0.2) is 0 Å². The van der Waals surface area contributed by atoms with Crippen LogP contribution in [0, 0.1) is 0 Å². The minimum absolute atomic E-state index is 0. The summed E-state index contributed by atoms with van der Waals surface area (Å²) >= 11 is 3.35. The molecule has 0 fully saturated rings. The zero-order valence-corrected chi connectivity index (χ0v) is 10.4. The van der Waals surface area contributed by atoms with Crippen LogP contribution in [0.25, 0.3) is 0 Å². The zero-order valence-electron chi connectivity index (χ0n) is 5.91. The fourth-order valence-corrected chi connectivity index (χ4v) is 0. The van der Waals surface area contributed by atoms with E-state index >= 15 is 0 Å². The van der Waals surface area contributed by atoms with Crippen LogP contribution in [0.2, 0.25) is 0 Å². The molecule has 8 nitrogen and oxygen atoms in total. The Balaban J connectivity index is -0.0000000457. The molecular weight excluding hydrogens is 245 g/mol. The molecule has 0 saturated heterocycles. The van der Waals surface area contributed by atoms with Gasteiger partial charge in [0.1, 0.15) is 0 Å². The Morgan fingerprint density at radius 2 is 1.08 bits per heavy atom. The summed E-state index contributed by atoms with van der Waals surface area (Å²) in [5.41, 5.74) is 0. The van der Waals surface area contributed by atoms with Crippen LogP contribution in [0.15, 0.2) is 0 Å². The summed E-state index contributed by atoms with van der Waals surface area (Å²) in [4.78, 5) is 0. The van der Waals surface area contributed by atoms with E-state index in [2.05, 4.69) is 11.2 Å². The predicted molar refractivity (Wildman–Crippen MR) is 38.1 cm³/mol. The molecule has 0 aliphatic heterocycles. The van der Waals surface area contributed by atoms with Crippen molar-refractivity contribution in [1.82, 2.24) is 6.15 Å². The summed E-state index contributed by atoms with van der Waals surface area (Å²) in [6, 6.07) is 0. The smallest absolute Gasteiger partial charge is 0.748 e. The van der Waals surface area contributed by atoms with E-state index in [0.717, 1.165) is 0 Å². The molecule has 1 unspecified atom stereocenters. The SMILES string of the molecule is N.O=S(=O)(O)O.O=S([O-])(O)=S.[Na+]. The van der Waals surface area contributed by atoms with Crippen LogP contribution in [0.3, 0.4) is 0 Å². The first-order valence-electron chi connectivity index (χ1n) is 1.38. The Bertz CT molecular complexity index is 215. The summed E-state index contributed by atoms with van der Waals surface area (Å²) in [5, 5.41) is 0. The maximum atomic E-state index is 9.00. The Labute approximate surface area is 96.5 Å². The van der Waals surface area contributed by atoms with Crippen molar-refractivity contribution in [2.75, 3.05) is 0 Å². The minimum atomic E-state index is -4.67. The zero-order chi connectivity index (χ0) is 9.00. The molecule has 0 aromatic carbocycles. The summed E-state index contributed by atoms with van der Waals surface area (Å²) in [6.07, 6.45) is 0. The van der Waals surface area contributed by atoms with Gasteiger partial charge in [-0.15, -0.1) is 0 Å². The topological polar surface area (TPSA) is 170 Å². The second-order valence-corrected chi connectivity index (χ2v) is 3.89. The fourth-order valence-electron chi connectivity index (χ4n) is 0. The van der Waals surface area contributed by atoms with Gasteiger partial charge in [-0.25, -0.2) is 4.21 Å². The first-order chi connectivity index (χ1) is 4.00. The molecule has 12 heteroatoms. The molecule has 0 saturated carbocycles. The molecule has 1 atom stereocenters. The molecule has 0 spiro atoms. The van der Waals surface area contributed by atoms with Crippen LogP contribution in [0.4, 0.5) is 0 Å². The maximum Gasteiger partial charge on any atom is 1.00 e. The van der Waals surface area contributed by atoms with E-state index in [-0.39, 0.29) is 35.7 Å². The monoisotopic (exact) mass is 251 g/mol. The number of hydrogen-bond acceptors (Lipinski definition) is 6. The van der Waals surface area contributed by atoms with Gasteiger partial charge >= 0.3 is 40.0 Å². The van der Waals surface area contributed by atoms with Crippen LogP contribution in [0.1, 0.15) is 0 Å². The average molecular weight is 251 g/mol. The summed E-state index contributed by atoms with van der Waals surface area (Å²) in [6.45, 7) is 0. The van der Waals surface area contributed by atoms with E-state index in [1.807, 2.05) is 0 Å². The molecule has 0 aromatic heterocycles. The van der Waals surface area contributed by atoms with Gasteiger partial charge in [0.05, 0.1) is 9.05 Å². The average Bonchev–Trinajstić information content (AvgIpc) is 1.12. The standard InChI is InChI=1S/H3N.Na.H2O4S.H2O3S2/c;;2*1-5(2,3)4/h1H3;;2*(H2,1,2,3,4)/q;+1;;/p-1. The van der Waals surface area contributed by atoms with E-state index in [1.165, 1.54) is 0 Å². The fraction of sp³-hybridized carbons (Fsp3) is 0. The molecule has 0 aliphatic carbocycles. The quantitative estimate of drug-likeness (QED) is 0.246. The molecule has 0 aliphatic rings. The van der Waals surface area contributed by atoms with Gasteiger partial charge in [0.2, 0.25) is 0 Å². The van der Waals surface area contributed by atoms with E-state index in [1.54, 1.807) is 0 Å². The maximum absolute atomic E-state index is 9.00. The van der Waals surface area contributed by atoms with Crippen LogP contribution < -0.4 is 35.7 Å². The third kappa shape index (κ3) is 908. The summed E-state index contributed by atoms with van der Waals surface area (Å²) in [7, 11) is -8.75. The molecule has 6 N–H and O–H groups in total. The minimum Gasteiger partial charge on any atom is -0.748 e. The first kappa shape index (κ1) is 23.2. The van der Waals surface area contributed by atoms with Crippen molar-refractivity contribution in [3.63, 3.8) is 0 Å². The van der Waals surface area contributed by atoms with Crippen molar-refractivity contribution in [2.45, 2.75) is 0 Å². The van der Waals surface area contributed by atoms with E-state index in [4.69, 9.17) is 30.8 Å². The van der Waals surface area contributed by atoms with Crippen molar-refractivity contribution >= 4 is 30.6 Å². The van der Waals surface area contributed by atoms with Gasteiger partial charge < -0.3 is 15.3 Å². The van der Waals surface area contributed by atoms with Crippen LogP contribution in [-0.4, -0.2) is 30.8 Å². The molecule has 72 valence electrons. The molecule has 0 aromatic rings. The molecule has 0 bridgehead atoms.